The predicted molar refractivity (Wildman–Crippen MR) is 59.0 cm³/mol. The highest BCUT2D eigenvalue weighted by atomic mass is 32.2. The monoisotopic (exact) mass is 247 g/mol. The van der Waals surface area contributed by atoms with Crippen LogP contribution in [0.3, 0.4) is 0 Å². The standard InChI is InChI=1S/C10H17NO4S/c1-11-6-3-8(7-11)16(14,15)10(9(12)13)4-2-5-10/h8H,2-7H2,1H3,(H,12,13). The Balaban J connectivity index is 2.28. The van der Waals surface area contributed by atoms with Gasteiger partial charge < -0.3 is 10.0 Å². The number of likely N-dealkylation sites (tertiary alicyclic amines) is 1. The van der Waals surface area contributed by atoms with Crippen LogP contribution in [-0.2, 0) is 14.6 Å². The second-order valence-corrected chi connectivity index (χ2v) is 7.41. The van der Waals surface area contributed by atoms with Crippen molar-refractivity contribution in [1.29, 1.82) is 0 Å². The summed E-state index contributed by atoms with van der Waals surface area (Å²) in [4.78, 5) is 13.1. The van der Waals surface area contributed by atoms with Gasteiger partial charge >= 0.3 is 5.97 Å². The summed E-state index contributed by atoms with van der Waals surface area (Å²) in [7, 11) is -1.67. The van der Waals surface area contributed by atoms with Gasteiger partial charge in [0.05, 0.1) is 5.25 Å². The Morgan fingerprint density at radius 1 is 1.44 bits per heavy atom. The molecule has 1 heterocycles. The van der Waals surface area contributed by atoms with Gasteiger partial charge in [-0.05, 0) is 39.3 Å². The van der Waals surface area contributed by atoms with Gasteiger partial charge in [-0.15, -0.1) is 0 Å². The summed E-state index contributed by atoms with van der Waals surface area (Å²) in [6.07, 6.45) is 1.83. The van der Waals surface area contributed by atoms with E-state index in [1.165, 1.54) is 0 Å². The van der Waals surface area contributed by atoms with Crippen LogP contribution in [0.15, 0.2) is 0 Å². The maximum atomic E-state index is 12.3. The summed E-state index contributed by atoms with van der Waals surface area (Å²) in [5.41, 5.74) is 0. The van der Waals surface area contributed by atoms with Gasteiger partial charge in [-0.1, -0.05) is 0 Å². The van der Waals surface area contributed by atoms with Gasteiger partial charge in [0.1, 0.15) is 0 Å². The van der Waals surface area contributed by atoms with E-state index in [9.17, 15) is 13.2 Å². The lowest BCUT2D eigenvalue weighted by Gasteiger charge is -2.38. The summed E-state index contributed by atoms with van der Waals surface area (Å²) in [6.45, 7) is 1.21. The lowest BCUT2D eigenvalue weighted by molar-refractivity contribution is -0.142. The first-order chi connectivity index (χ1) is 7.40. The van der Waals surface area contributed by atoms with E-state index in [2.05, 4.69) is 0 Å². The number of hydrogen-bond donors (Lipinski definition) is 1. The van der Waals surface area contributed by atoms with Gasteiger partial charge in [0.2, 0.25) is 0 Å². The minimum atomic E-state index is -3.54. The number of aliphatic carboxylic acids is 1. The fourth-order valence-electron chi connectivity index (χ4n) is 2.58. The van der Waals surface area contributed by atoms with E-state index in [1.807, 2.05) is 11.9 Å². The smallest absolute Gasteiger partial charge is 0.325 e. The van der Waals surface area contributed by atoms with E-state index >= 15 is 0 Å². The lowest BCUT2D eigenvalue weighted by atomic mass is 9.84. The molecule has 1 unspecified atom stereocenters. The molecule has 0 bridgehead atoms. The number of rotatable bonds is 3. The normalized spacial score (nSPS) is 29.9. The van der Waals surface area contributed by atoms with Crippen molar-refractivity contribution in [3.63, 3.8) is 0 Å². The number of sulfone groups is 1. The van der Waals surface area contributed by atoms with Crippen LogP contribution < -0.4 is 0 Å². The molecule has 1 saturated heterocycles. The molecule has 5 nitrogen and oxygen atoms in total. The van der Waals surface area contributed by atoms with Crippen molar-refractivity contribution in [3.05, 3.63) is 0 Å². The van der Waals surface area contributed by atoms with Crippen molar-refractivity contribution in [2.24, 2.45) is 0 Å². The van der Waals surface area contributed by atoms with Crippen LogP contribution in [0.5, 0.6) is 0 Å². The number of hydrogen-bond acceptors (Lipinski definition) is 4. The molecule has 0 aromatic carbocycles. The molecule has 2 fully saturated rings. The molecular formula is C10H17NO4S. The third kappa shape index (κ3) is 1.47. The first-order valence-electron chi connectivity index (χ1n) is 5.55. The summed E-state index contributed by atoms with van der Waals surface area (Å²) in [5, 5.41) is 8.66. The summed E-state index contributed by atoms with van der Waals surface area (Å²) in [6, 6.07) is 0. The molecule has 6 heteroatoms. The Bertz CT molecular complexity index is 399. The molecule has 2 rings (SSSR count). The van der Waals surface area contributed by atoms with Gasteiger partial charge in [-0.2, -0.15) is 0 Å². The highest BCUT2D eigenvalue weighted by Crippen LogP contribution is 2.43. The van der Waals surface area contributed by atoms with E-state index in [0.29, 0.717) is 19.4 Å². The summed E-state index contributed by atoms with van der Waals surface area (Å²) >= 11 is 0. The van der Waals surface area contributed by atoms with Crippen LogP contribution in [0.25, 0.3) is 0 Å². The SMILES string of the molecule is CN1CCC(S(=O)(=O)C2(C(=O)O)CCC2)C1. The van der Waals surface area contributed by atoms with Gasteiger partial charge in [-0.25, -0.2) is 8.42 Å². The van der Waals surface area contributed by atoms with Crippen LogP contribution >= 0.6 is 0 Å². The second kappa shape index (κ2) is 3.70. The van der Waals surface area contributed by atoms with Crippen molar-refractivity contribution in [2.45, 2.75) is 35.7 Å². The molecule has 2 aliphatic rings. The highest BCUT2D eigenvalue weighted by Gasteiger charge is 2.58. The van der Waals surface area contributed by atoms with Gasteiger partial charge in [-0.3, -0.25) is 4.79 Å². The fraction of sp³-hybridized carbons (Fsp3) is 0.900. The van der Waals surface area contributed by atoms with Gasteiger partial charge in [0.15, 0.2) is 14.6 Å². The van der Waals surface area contributed by atoms with E-state index in [0.717, 1.165) is 6.54 Å². The minimum absolute atomic E-state index is 0.283. The van der Waals surface area contributed by atoms with Crippen LogP contribution in [0, 0.1) is 0 Å². The molecule has 1 N–H and O–H groups in total. The number of carbonyl (C=O) groups is 1. The van der Waals surface area contributed by atoms with E-state index in [4.69, 9.17) is 5.11 Å². The topological polar surface area (TPSA) is 74.7 Å². The first-order valence-corrected chi connectivity index (χ1v) is 7.10. The fourth-order valence-corrected chi connectivity index (χ4v) is 5.19. The Kier molecular flexibility index (Phi) is 2.74. The first kappa shape index (κ1) is 11.9. The Morgan fingerprint density at radius 3 is 2.38 bits per heavy atom. The average Bonchev–Trinajstić information content (AvgIpc) is 2.48. The Morgan fingerprint density at radius 2 is 2.06 bits per heavy atom. The molecule has 0 aromatic rings. The van der Waals surface area contributed by atoms with Gasteiger partial charge in [0.25, 0.3) is 0 Å². The average molecular weight is 247 g/mol. The largest absolute Gasteiger partial charge is 0.480 e. The van der Waals surface area contributed by atoms with Crippen molar-refractivity contribution in [3.8, 4) is 0 Å². The minimum Gasteiger partial charge on any atom is -0.480 e. The number of carboxylic acids is 1. The zero-order valence-electron chi connectivity index (χ0n) is 9.35. The van der Waals surface area contributed by atoms with Crippen molar-refractivity contribution < 1.29 is 18.3 Å². The Labute approximate surface area is 95.4 Å². The third-order valence-corrected chi connectivity index (χ3v) is 6.82. The van der Waals surface area contributed by atoms with Crippen LogP contribution in [0.2, 0.25) is 0 Å². The van der Waals surface area contributed by atoms with E-state index in [-0.39, 0.29) is 12.8 Å². The van der Waals surface area contributed by atoms with Crippen LogP contribution in [-0.4, -0.2) is 54.5 Å². The molecule has 0 aromatic heterocycles. The molecule has 92 valence electrons. The zero-order chi connectivity index (χ0) is 12.0. The zero-order valence-corrected chi connectivity index (χ0v) is 10.2. The van der Waals surface area contributed by atoms with Crippen molar-refractivity contribution in [2.75, 3.05) is 20.1 Å². The highest BCUT2D eigenvalue weighted by molar-refractivity contribution is 7.94. The van der Waals surface area contributed by atoms with Crippen LogP contribution in [0.1, 0.15) is 25.7 Å². The predicted octanol–water partition coefficient (Wildman–Crippen LogP) is 0.113. The maximum Gasteiger partial charge on any atom is 0.325 e. The van der Waals surface area contributed by atoms with Gasteiger partial charge in [0, 0.05) is 6.54 Å². The molecule has 16 heavy (non-hydrogen) atoms. The quantitative estimate of drug-likeness (QED) is 0.766. The molecule has 0 amide bonds. The molecule has 1 aliphatic heterocycles. The van der Waals surface area contributed by atoms with Crippen molar-refractivity contribution in [1.82, 2.24) is 4.90 Å². The molecular weight excluding hydrogens is 230 g/mol. The van der Waals surface area contributed by atoms with E-state index in [1.54, 1.807) is 0 Å². The van der Waals surface area contributed by atoms with Crippen molar-refractivity contribution >= 4 is 15.8 Å². The summed E-state index contributed by atoms with van der Waals surface area (Å²) in [5.74, 6) is -1.16. The lowest BCUT2D eigenvalue weighted by Crippen LogP contribution is -2.55. The van der Waals surface area contributed by atoms with E-state index < -0.39 is 25.8 Å². The Hall–Kier alpha value is -0.620. The molecule has 1 atom stereocenters. The number of carboxylic acid groups (broad SMARTS) is 1. The molecule has 0 radical (unpaired) electrons. The molecule has 0 spiro atoms. The number of nitrogens with zero attached hydrogens (tertiary/aromatic N) is 1. The molecule has 1 saturated carbocycles. The maximum absolute atomic E-state index is 12.3. The molecule has 1 aliphatic carbocycles. The summed E-state index contributed by atoms with van der Waals surface area (Å²) < 4.78 is 23.2. The second-order valence-electron chi connectivity index (χ2n) is 4.87. The van der Waals surface area contributed by atoms with Crippen LogP contribution in [0.4, 0.5) is 0 Å². The third-order valence-electron chi connectivity index (χ3n) is 3.88.